The number of aryl methyl sites for hydroxylation is 1. The lowest BCUT2D eigenvalue weighted by Gasteiger charge is -2.07. The van der Waals surface area contributed by atoms with Crippen LogP contribution in [0.15, 0.2) is 22.7 Å². The molecule has 1 aromatic heterocycles. The molecule has 5 nitrogen and oxygen atoms in total. The molecular formula is C11H13N3O2. The molecule has 1 aromatic carbocycles. The summed E-state index contributed by atoms with van der Waals surface area (Å²) in [5.41, 5.74) is 7.29. The number of aromatic nitrogens is 2. The van der Waals surface area contributed by atoms with E-state index in [4.69, 9.17) is 15.0 Å². The number of nitrogens with zero attached hydrogens (tertiary/aromatic N) is 2. The van der Waals surface area contributed by atoms with Crippen LogP contribution in [0.5, 0.6) is 5.75 Å². The van der Waals surface area contributed by atoms with Gasteiger partial charge in [-0.05, 0) is 18.6 Å². The zero-order valence-corrected chi connectivity index (χ0v) is 9.23. The Bertz CT molecular complexity index is 494. The number of ether oxygens (including phenoxy) is 1. The smallest absolute Gasteiger partial charge is 0.240 e. The van der Waals surface area contributed by atoms with Crippen molar-refractivity contribution < 1.29 is 9.26 Å². The van der Waals surface area contributed by atoms with Crippen LogP contribution in [0, 0.1) is 6.92 Å². The maximum Gasteiger partial charge on any atom is 0.240 e. The lowest BCUT2D eigenvalue weighted by atomic mass is 10.1. The molecule has 2 rings (SSSR count). The minimum atomic E-state index is 0.237. The van der Waals surface area contributed by atoms with Crippen LogP contribution >= 0.6 is 0 Å². The largest absolute Gasteiger partial charge is 0.496 e. The molecule has 0 aliphatic rings. The van der Waals surface area contributed by atoms with Gasteiger partial charge in [0.05, 0.1) is 19.2 Å². The number of rotatable bonds is 3. The second kappa shape index (κ2) is 4.32. The Balaban J connectivity index is 2.53. The summed E-state index contributed by atoms with van der Waals surface area (Å²) in [5.74, 6) is 1.65. The highest BCUT2D eigenvalue weighted by Gasteiger charge is 2.14. The molecule has 0 bridgehead atoms. The molecule has 16 heavy (non-hydrogen) atoms. The fourth-order valence-corrected chi connectivity index (χ4v) is 1.54. The van der Waals surface area contributed by atoms with E-state index in [0.717, 1.165) is 16.9 Å². The van der Waals surface area contributed by atoms with Gasteiger partial charge in [-0.2, -0.15) is 4.98 Å². The quantitative estimate of drug-likeness (QED) is 0.847. The van der Waals surface area contributed by atoms with Gasteiger partial charge in [0.25, 0.3) is 0 Å². The summed E-state index contributed by atoms with van der Waals surface area (Å²) in [5, 5.41) is 3.88. The Labute approximate surface area is 93.2 Å². The Morgan fingerprint density at radius 2 is 2.25 bits per heavy atom. The fourth-order valence-electron chi connectivity index (χ4n) is 1.54. The summed E-state index contributed by atoms with van der Waals surface area (Å²) in [6.45, 7) is 2.21. The van der Waals surface area contributed by atoms with Gasteiger partial charge in [0.2, 0.25) is 11.7 Å². The summed E-state index contributed by atoms with van der Waals surface area (Å²) in [6, 6.07) is 5.75. The van der Waals surface area contributed by atoms with Crippen molar-refractivity contribution in [3.05, 3.63) is 29.7 Å². The molecule has 0 amide bonds. The predicted octanol–water partition coefficient (Wildman–Crippen LogP) is 1.51. The van der Waals surface area contributed by atoms with Crippen LogP contribution in [0.4, 0.5) is 0 Å². The molecule has 0 saturated heterocycles. The SMILES string of the molecule is COc1cccc(C)c1-c1noc(CN)n1. The van der Waals surface area contributed by atoms with E-state index in [9.17, 15) is 0 Å². The highest BCUT2D eigenvalue weighted by Crippen LogP contribution is 2.30. The standard InChI is InChI=1S/C11H13N3O2/c1-7-4-3-5-8(15-2)10(7)11-13-9(6-12)16-14-11/h3-5H,6,12H2,1-2H3. The van der Waals surface area contributed by atoms with E-state index in [-0.39, 0.29) is 6.54 Å². The molecule has 0 aliphatic carbocycles. The summed E-state index contributed by atoms with van der Waals surface area (Å²) in [6.07, 6.45) is 0. The van der Waals surface area contributed by atoms with Crippen molar-refractivity contribution in [1.29, 1.82) is 0 Å². The number of benzene rings is 1. The topological polar surface area (TPSA) is 74.2 Å². The van der Waals surface area contributed by atoms with Crippen LogP contribution in [0.25, 0.3) is 11.4 Å². The zero-order chi connectivity index (χ0) is 11.5. The van der Waals surface area contributed by atoms with E-state index in [1.54, 1.807) is 7.11 Å². The molecule has 1 heterocycles. The van der Waals surface area contributed by atoms with Crippen LogP contribution in [-0.4, -0.2) is 17.3 Å². The molecule has 0 unspecified atom stereocenters. The van der Waals surface area contributed by atoms with Gasteiger partial charge >= 0.3 is 0 Å². The molecule has 0 spiro atoms. The highest BCUT2D eigenvalue weighted by molar-refractivity contribution is 5.67. The van der Waals surface area contributed by atoms with Gasteiger partial charge in [0.1, 0.15) is 5.75 Å². The van der Waals surface area contributed by atoms with Crippen molar-refractivity contribution in [2.24, 2.45) is 5.73 Å². The van der Waals surface area contributed by atoms with Crippen LogP contribution < -0.4 is 10.5 Å². The summed E-state index contributed by atoms with van der Waals surface area (Å²) in [7, 11) is 1.61. The average molecular weight is 219 g/mol. The third-order valence-corrected chi connectivity index (χ3v) is 2.32. The van der Waals surface area contributed by atoms with E-state index in [1.807, 2.05) is 25.1 Å². The maximum absolute atomic E-state index is 5.42. The number of hydrogen-bond donors (Lipinski definition) is 1. The highest BCUT2D eigenvalue weighted by atomic mass is 16.5. The Kier molecular flexibility index (Phi) is 2.87. The molecule has 2 aromatic rings. The van der Waals surface area contributed by atoms with Gasteiger partial charge in [0, 0.05) is 0 Å². The molecule has 0 atom stereocenters. The summed E-state index contributed by atoms with van der Waals surface area (Å²) in [4.78, 5) is 4.19. The summed E-state index contributed by atoms with van der Waals surface area (Å²) >= 11 is 0. The lowest BCUT2D eigenvalue weighted by Crippen LogP contribution is -1.96. The molecule has 0 aliphatic heterocycles. The number of methoxy groups -OCH3 is 1. The first-order valence-corrected chi connectivity index (χ1v) is 4.93. The minimum Gasteiger partial charge on any atom is -0.496 e. The predicted molar refractivity (Wildman–Crippen MR) is 58.9 cm³/mol. The van der Waals surface area contributed by atoms with Crippen LogP contribution in [0.3, 0.4) is 0 Å². The van der Waals surface area contributed by atoms with Crippen molar-refractivity contribution >= 4 is 0 Å². The molecule has 84 valence electrons. The van der Waals surface area contributed by atoms with Gasteiger partial charge in [-0.3, -0.25) is 0 Å². The van der Waals surface area contributed by atoms with Gasteiger partial charge in [0.15, 0.2) is 0 Å². The second-order valence-electron chi connectivity index (χ2n) is 3.37. The van der Waals surface area contributed by atoms with Crippen molar-refractivity contribution in [3.8, 4) is 17.1 Å². The third kappa shape index (κ3) is 1.77. The Morgan fingerprint density at radius 3 is 2.88 bits per heavy atom. The van der Waals surface area contributed by atoms with Crippen molar-refractivity contribution in [3.63, 3.8) is 0 Å². The average Bonchev–Trinajstić information content (AvgIpc) is 2.76. The zero-order valence-electron chi connectivity index (χ0n) is 9.23. The van der Waals surface area contributed by atoms with Gasteiger partial charge in [-0.25, -0.2) is 0 Å². The van der Waals surface area contributed by atoms with Gasteiger partial charge in [-0.1, -0.05) is 17.3 Å². The van der Waals surface area contributed by atoms with Crippen molar-refractivity contribution in [2.45, 2.75) is 13.5 Å². The van der Waals surface area contributed by atoms with Crippen LogP contribution in [-0.2, 0) is 6.54 Å². The molecular weight excluding hydrogens is 206 g/mol. The Morgan fingerprint density at radius 1 is 1.44 bits per heavy atom. The fraction of sp³-hybridized carbons (Fsp3) is 0.273. The van der Waals surface area contributed by atoms with E-state index in [2.05, 4.69) is 10.1 Å². The van der Waals surface area contributed by atoms with Gasteiger partial charge < -0.3 is 15.0 Å². The maximum atomic E-state index is 5.42. The van der Waals surface area contributed by atoms with Gasteiger partial charge in [-0.15, -0.1) is 0 Å². The third-order valence-electron chi connectivity index (χ3n) is 2.32. The minimum absolute atomic E-state index is 0.237. The van der Waals surface area contributed by atoms with E-state index in [0.29, 0.717) is 11.7 Å². The van der Waals surface area contributed by atoms with E-state index >= 15 is 0 Å². The van der Waals surface area contributed by atoms with Crippen molar-refractivity contribution in [1.82, 2.24) is 10.1 Å². The van der Waals surface area contributed by atoms with E-state index < -0.39 is 0 Å². The molecule has 5 heteroatoms. The number of hydrogen-bond acceptors (Lipinski definition) is 5. The first-order chi connectivity index (χ1) is 7.76. The molecule has 0 fully saturated rings. The Hall–Kier alpha value is -1.88. The van der Waals surface area contributed by atoms with Crippen LogP contribution in [0.2, 0.25) is 0 Å². The molecule has 2 N–H and O–H groups in total. The van der Waals surface area contributed by atoms with Crippen LogP contribution in [0.1, 0.15) is 11.5 Å². The first-order valence-electron chi connectivity index (χ1n) is 4.93. The first kappa shape index (κ1) is 10.6. The number of nitrogens with two attached hydrogens (primary N) is 1. The molecule has 0 saturated carbocycles. The second-order valence-corrected chi connectivity index (χ2v) is 3.37. The van der Waals surface area contributed by atoms with E-state index in [1.165, 1.54) is 0 Å². The lowest BCUT2D eigenvalue weighted by molar-refractivity contribution is 0.379. The molecule has 0 radical (unpaired) electrons. The normalized spacial score (nSPS) is 10.4. The monoisotopic (exact) mass is 219 g/mol. The van der Waals surface area contributed by atoms with Crippen molar-refractivity contribution in [2.75, 3.05) is 7.11 Å². The summed E-state index contributed by atoms with van der Waals surface area (Å²) < 4.78 is 10.3.